The van der Waals surface area contributed by atoms with Crippen LogP contribution in [0.5, 0.6) is 5.75 Å². The van der Waals surface area contributed by atoms with Crippen LogP contribution in [0.2, 0.25) is 0 Å². The first kappa shape index (κ1) is 15.5. The third-order valence-corrected chi connectivity index (χ3v) is 4.83. The number of para-hydroxylation sites is 2. The number of hydrogen-bond acceptors (Lipinski definition) is 3. The Bertz CT molecular complexity index is 985. The molecule has 3 aromatic carbocycles. The topological polar surface area (TPSA) is 40.5 Å². The molecule has 0 aliphatic carbocycles. The van der Waals surface area contributed by atoms with E-state index in [0.29, 0.717) is 17.7 Å². The molecule has 1 aliphatic heterocycles. The fourth-order valence-electron chi connectivity index (χ4n) is 3.53. The molecule has 3 aromatic rings. The van der Waals surface area contributed by atoms with Gasteiger partial charge < -0.3 is 10.0 Å². The molecule has 1 heterocycles. The van der Waals surface area contributed by atoms with Gasteiger partial charge in [-0.25, -0.2) is 0 Å². The van der Waals surface area contributed by atoms with E-state index in [2.05, 4.69) is 24.3 Å². The molecule has 0 amide bonds. The van der Waals surface area contributed by atoms with Crippen LogP contribution < -0.4 is 4.90 Å². The van der Waals surface area contributed by atoms with Crippen molar-refractivity contribution in [3.8, 4) is 5.75 Å². The van der Waals surface area contributed by atoms with Crippen LogP contribution >= 0.6 is 0 Å². The molecule has 0 saturated carbocycles. The number of phenolic OH excluding ortho intramolecular Hbond substituents is 1. The maximum Gasteiger partial charge on any atom is 0.162 e. The number of hydrogen-bond donors (Lipinski definition) is 1. The van der Waals surface area contributed by atoms with Gasteiger partial charge in [-0.2, -0.15) is 0 Å². The molecule has 25 heavy (non-hydrogen) atoms. The predicted octanol–water partition coefficient (Wildman–Crippen LogP) is 4.97. The number of phenols is 1. The largest absolute Gasteiger partial charge is 0.506 e. The summed E-state index contributed by atoms with van der Waals surface area (Å²) in [7, 11) is 0. The first-order valence-electron chi connectivity index (χ1n) is 8.41. The van der Waals surface area contributed by atoms with Crippen molar-refractivity contribution >= 4 is 22.2 Å². The summed E-state index contributed by atoms with van der Waals surface area (Å²) >= 11 is 0. The highest BCUT2D eigenvalue weighted by atomic mass is 16.3. The fraction of sp³-hybridized carbons (Fsp3) is 0.136. The summed E-state index contributed by atoms with van der Waals surface area (Å²) in [6.07, 6.45) is 2.25. The van der Waals surface area contributed by atoms with Gasteiger partial charge in [-0.05, 0) is 35.4 Å². The number of aromatic hydroxyl groups is 1. The maximum absolute atomic E-state index is 12.4. The average Bonchev–Trinajstić information content (AvgIpc) is 2.64. The van der Waals surface area contributed by atoms with E-state index in [0.717, 1.165) is 16.3 Å². The van der Waals surface area contributed by atoms with E-state index >= 15 is 0 Å². The molecule has 1 aliphatic rings. The summed E-state index contributed by atoms with van der Waals surface area (Å²) in [5.74, 6) is 0.357. The average molecular weight is 329 g/mol. The zero-order chi connectivity index (χ0) is 17.4. The number of anilines is 1. The van der Waals surface area contributed by atoms with Gasteiger partial charge in [0.2, 0.25) is 0 Å². The molecular weight excluding hydrogens is 310 g/mol. The van der Waals surface area contributed by atoms with E-state index in [4.69, 9.17) is 0 Å². The van der Waals surface area contributed by atoms with Crippen molar-refractivity contribution in [3.63, 3.8) is 0 Å². The molecule has 0 radical (unpaired) electrons. The molecule has 4 rings (SSSR count). The third-order valence-electron chi connectivity index (χ3n) is 4.83. The van der Waals surface area contributed by atoms with Crippen LogP contribution in [0.3, 0.4) is 0 Å². The molecular formula is C22H19NO2. The normalized spacial score (nSPS) is 17.6. The molecule has 0 saturated heterocycles. The summed E-state index contributed by atoms with van der Waals surface area (Å²) in [5, 5.41) is 12.6. The van der Waals surface area contributed by atoms with Crippen molar-refractivity contribution in [1.82, 2.24) is 0 Å². The van der Waals surface area contributed by atoms with Crippen molar-refractivity contribution in [1.29, 1.82) is 0 Å². The van der Waals surface area contributed by atoms with Crippen LogP contribution in [0, 0.1) is 0 Å². The van der Waals surface area contributed by atoms with E-state index in [1.807, 2.05) is 48.4 Å². The Kier molecular flexibility index (Phi) is 3.77. The van der Waals surface area contributed by atoms with Crippen molar-refractivity contribution in [3.05, 3.63) is 84.1 Å². The second kappa shape index (κ2) is 6.10. The van der Waals surface area contributed by atoms with Gasteiger partial charge in [-0.1, -0.05) is 54.6 Å². The molecule has 3 nitrogen and oxygen atoms in total. The lowest BCUT2D eigenvalue weighted by Gasteiger charge is -2.35. The number of rotatable bonds is 2. The lowest BCUT2D eigenvalue weighted by Crippen LogP contribution is -2.31. The Morgan fingerprint density at radius 1 is 0.960 bits per heavy atom. The Labute approximate surface area is 146 Å². The second-order valence-electron chi connectivity index (χ2n) is 6.42. The van der Waals surface area contributed by atoms with Crippen LogP contribution in [0.4, 0.5) is 5.69 Å². The minimum Gasteiger partial charge on any atom is -0.506 e. The van der Waals surface area contributed by atoms with Gasteiger partial charge in [0.1, 0.15) is 5.75 Å². The predicted molar refractivity (Wildman–Crippen MR) is 101 cm³/mol. The number of fused-ring (bicyclic) bond motifs is 1. The monoisotopic (exact) mass is 329 g/mol. The number of nitrogens with zero attached hydrogens (tertiary/aromatic N) is 1. The van der Waals surface area contributed by atoms with Gasteiger partial charge in [-0.15, -0.1) is 0 Å². The minimum atomic E-state index is -0.143. The van der Waals surface area contributed by atoms with Gasteiger partial charge in [-0.3, -0.25) is 4.79 Å². The van der Waals surface area contributed by atoms with Gasteiger partial charge in [0.25, 0.3) is 0 Å². The fourth-order valence-corrected chi connectivity index (χ4v) is 3.53. The number of carbonyl (C=O) groups excluding carboxylic acids is 1. The lowest BCUT2D eigenvalue weighted by molar-refractivity contribution is -0.116. The number of Topliss-reactive ketones (excluding diaryl/α,β-unsaturated/α-hetero) is 1. The summed E-state index contributed by atoms with van der Waals surface area (Å²) in [5.41, 5.74) is 2.52. The Hall–Kier alpha value is -3.07. The molecule has 0 unspecified atom stereocenters. The lowest BCUT2D eigenvalue weighted by atomic mass is 9.90. The highest BCUT2D eigenvalue weighted by Gasteiger charge is 2.30. The van der Waals surface area contributed by atoms with Crippen LogP contribution in [-0.2, 0) is 4.79 Å². The third kappa shape index (κ3) is 2.68. The molecule has 0 aromatic heterocycles. The van der Waals surface area contributed by atoms with E-state index < -0.39 is 0 Å². The van der Waals surface area contributed by atoms with Gasteiger partial charge >= 0.3 is 0 Å². The number of ketones is 1. The van der Waals surface area contributed by atoms with Crippen LogP contribution in [0.25, 0.3) is 10.8 Å². The first-order valence-corrected chi connectivity index (χ1v) is 8.41. The van der Waals surface area contributed by atoms with E-state index in [1.165, 1.54) is 0 Å². The first-order chi connectivity index (χ1) is 12.1. The molecule has 0 spiro atoms. The standard InChI is InChI=1S/C22H19NO2/c1-15-14-23(19-11-4-5-12-21(19)24)20(13-22(15)25)18-10-6-8-16-7-2-3-9-17(16)18/h2-12,14,20,24H,13H2,1H3/t20-/m1/s1. The number of allylic oxidation sites excluding steroid dienone is 1. The number of benzene rings is 3. The Morgan fingerprint density at radius 3 is 2.52 bits per heavy atom. The second-order valence-corrected chi connectivity index (χ2v) is 6.42. The molecule has 1 N–H and O–H groups in total. The molecule has 124 valence electrons. The van der Waals surface area contributed by atoms with Gasteiger partial charge in [0, 0.05) is 18.2 Å². The smallest absolute Gasteiger partial charge is 0.162 e. The Balaban J connectivity index is 1.91. The summed E-state index contributed by atoms with van der Waals surface area (Å²) in [6.45, 7) is 1.83. The van der Waals surface area contributed by atoms with Gasteiger partial charge in [0.05, 0.1) is 11.7 Å². The van der Waals surface area contributed by atoms with Crippen molar-refractivity contribution in [2.24, 2.45) is 0 Å². The molecule has 1 atom stereocenters. The molecule has 0 bridgehead atoms. The zero-order valence-electron chi connectivity index (χ0n) is 14.0. The van der Waals surface area contributed by atoms with Crippen molar-refractivity contribution < 1.29 is 9.90 Å². The zero-order valence-corrected chi connectivity index (χ0v) is 14.0. The highest BCUT2D eigenvalue weighted by molar-refractivity contribution is 5.98. The van der Waals surface area contributed by atoms with Crippen molar-refractivity contribution in [2.75, 3.05) is 4.90 Å². The van der Waals surface area contributed by atoms with Crippen LogP contribution in [-0.4, -0.2) is 10.9 Å². The Morgan fingerprint density at radius 2 is 1.68 bits per heavy atom. The van der Waals surface area contributed by atoms with Crippen molar-refractivity contribution in [2.45, 2.75) is 19.4 Å². The van der Waals surface area contributed by atoms with E-state index in [1.54, 1.807) is 12.1 Å². The summed E-state index contributed by atoms with van der Waals surface area (Å²) in [4.78, 5) is 14.4. The summed E-state index contributed by atoms with van der Waals surface area (Å²) in [6, 6.07) is 21.5. The minimum absolute atomic E-state index is 0.143. The quantitative estimate of drug-likeness (QED) is 0.721. The van der Waals surface area contributed by atoms with Gasteiger partial charge in [0.15, 0.2) is 5.78 Å². The molecule has 0 fully saturated rings. The van der Waals surface area contributed by atoms with Crippen LogP contribution in [0.1, 0.15) is 24.9 Å². The summed E-state index contributed by atoms with van der Waals surface area (Å²) < 4.78 is 0. The number of carbonyl (C=O) groups is 1. The van der Waals surface area contributed by atoms with Crippen LogP contribution in [0.15, 0.2) is 78.5 Å². The van der Waals surface area contributed by atoms with E-state index in [-0.39, 0.29) is 17.6 Å². The SMILES string of the molecule is CC1=CN(c2ccccc2O)[C@@H](c2cccc3ccccc23)CC1=O. The molecule has 3 heteroatoms. The highest BCUT2D eigenvalue weighted by Crippen LogP contribution is 2.40. The maximum atomic E-state index is 12.4. The van der Waals surface area contributed by atoms with E-state index in [9.17, 15) is 9.90 Å².